The summed E-state index contributed by atoms with van der Waals surface area (Å²) in [6.45, 7) is 7.42. The van der Waals surface area contributed by atoms with Crippen LogP contribution in [0, 0.1) is 0 Å². The lowest BCUT2D eigenvalue weighted by molar-refractivity contribution is -0.399. The minimum absolute atomic E-state index is 0.00688. The molecule has 0 radical (unpaired) electrons. The van der Waals surface area contributed by atoms with Crippen LogP contribution in [-0.2, 0) is 125 Å². The van der Waals surface area contributed by atoms with E-state index in [2.05, 4.69) is 6.58 Å². The van der Waals surface area contributed by atoms with E-state index in [1.54, 1.807) is 6.08 Å². The molecule has 0 saturated carbocycles. The summed E-state index contributed by atoms with van der Waals surface area (Å²) in [6.07, 6.45) is -18.5. The number of ether oxygens (including phenoxy) is 15. The van der Waals surface area contributed by atoms with Gasteiger partial charge in [0, 0.05) is 20.8 Å². The maximum absolute atomic E-state index is 13.6. The van der Waals surface area contributed by atoms with E-state index in [9.17, 15) is 19.5 Å². The molecule has 468 valence electrons. The molecule has 0 aromatic heterocycles. The maximum Gasteiger partial charge on any atom is 0.303 e. The lowest BCUT2D eigenvalue weighted by Gasteiger charge is -2.51. The van der Waals surface area contributed by atoms with E-state index in [0.29, 0.717) is 0 Å². The maximum atomic E-state index is 13.6. The summed E-state index contributed by atoms with van der Waals surface area (Å²) in [7, 11) is 0. The van der Waals surface area contributed by atoms with E-state index in [1.165, 1.54) is 20.8 Å². The van der Waals surface area contributed by atoms with Crippen molar-refractivity contribution in [1.82, 2.24) is 0 Å². The second kappa shape index (κ2) is 34.1. The molecule has 19 nitrogen and oxygen atoms in total. The van der Waals surface area contributed by atoms with E-state index < -0.39 is 117 Å². The average Bonchev–Trinajstić information content (AvgIpc) is 2.41. The lowest BCUT2D eigenvalue weighted by atomic mass is 9.95. The van der Waals surface area contributed by atoms with Crippen LogP contribution in [-0.4, -0.2) is 142 Å². The summed E-state index contributed by atoms with van der Waals surface area (Å²) in [5.41, 5.74) is 5.06. The Labute approximate surface area is 513 Å². The fourth-order valence-corrected chi connectivity index (χ4v) is 10.6. The summed E-state index contributed by atoms with van der Waals surface area (Å²) in [6, 6.07) is 57.1. The molecular formula is C69H78O19. The van der Waals surface area contributed by atoms with Crippen LogP contribution in [0.3, 0.4) is 0 Å². The normalized spacial score (nSPS) is 27.0. The predicted molar refractivity (Wildman–Crippen MR) is 318 cm³/mol. The third-order valence-corrected chi connectivity index (χ3v) is 14.7. The predicted octanol–water partition coefficient (Wildman–Crippen LogP) is 8.70. The van der Waals surface area contributed by atoms with Gasteiger partial charge in [-0.05, 0) is 33.4 Å². The van der Waals surface area contributed by atoms with Gasteiger partial charge < -0.3 is 76.2 Å². The molecular weight excluding hydrogens is 1130 g/mol. The van der Waals surface area contributed by atoms with Crippen LogP contribution >= 0.6 is 0 Å². The van der Waals surface area contributed by atoms with Crippen LogP contribution in [0.1, 0.15) is 54.2 Å². The summed E-state index contributed by atoms with van der Waals surface area (Å²) >= 11 is 0. The highest BCUT2D eigenvalue weighted by Gasteiger charge is 2.58. The number of aliphatic hydroxyl groups excluding tert-OH is 1. The first kappa shape index (κ1) is 65.4. The molecule has 15 atom stereocenters. The van der Waals surface area contributed by atoms with Crippen molar-refractivity contribution in [2.75, 3.05) is 26.4 Å². The highest BCUT2D eigenvalue weighted by molar-refractivity contribution is 5.68. The molecule has 0 aliphatic carbocycles. The van der Waals surface area contributed by atoms with Crippen LogP contribution in [0.15, 0.2) is 195 Å². The molecule has 6 aromatic carbocycles. The Bertz CT molecular complexity index is 3000. The fourth-order valence-electron chi connectivity index (χ4n) is 10.6. The molecule has 1 N–H and O–H groups in total. The minimum atomic E-state index is -1.72. The van der Waals surface area contributed by atoms with Crippen LogP contribution in [0.5, 0.6) is 0 Å². The molecule has 3 fully saturated rings. The zero-order chi connectivity index (χ0) is 61.5. The highest BCUT2D eigenvalue weighted by Crippen LogP contribution is 2.39. The van der Waals surface area contributed by atoms with Gasteiger partial charge >= 0.3 is 17.9 Å². The minimum Gasteiger partial charge on any atom is -0.463 e. The molecule has 3 saturated heterocycles. The van der Waals surface area contributed by atoms with E-state index >= 15 is 0 Å². The highest BCUT2D eigenvalue weighted by atomic mass is 16.8. The van der Waals surface area contributed by atoms with Gasteiger partial charge in [0.25, 0.3) is 0 Å². The summed E-state index contributed by atoms with van der Waals surface area (Å²) in [5, 5.41) is 12.8. The number of aliphatic hydroxyl groups is 1. The van der Waals surface area contributed by atoms with Crippen molar-refractivity contribution in [1.29, 1.82) is 0 Å². The lowest BCUT2D eigenvalue weighted by Crippen LogP contribution is -2.68. The Balaban J connectivity index is 1.14. The van der Waals surface area contributed by atoms with Crippen LogP contribution in [0.2, 0.25) is 0 Å². The van der Waals surface area contributed by atoms with Crippen molar-refractivity contribution >= 4 is 17.9 Å². The second-order valence-electron chi connectivity index (χ2n) is 21.4. The van der Waals surface area contributed by atoms with E-state index in [1.807, 2.05) is 182 Å². The zero-order valence-corrected chi connectivity index (χ0v) is 49.6. The number of carbonyl (C=O) groups is 3. The first-order chi connectivity index (χ1) is 43.0. The first-order valence-electron chi connectivity index (χ1n) is 29.5. The molecule has 0 unspecified atom stereocenters. The molecule has 3 heterocycles. The van der Waals surface area contributed by atoms with Gasteiger partial charge in [0.05, 0.1) is 59.5 Å². The topological polar surface area (TPSA) is 210 Å². The first-order valence-corrected chi connectivity index (χ1v) is 29.5. The molecule has 0 amide bonds. The molecule has 9 rings (SSSR count). The van der Waals surface area contributed by atoms with Gasteiger partial charge in [-0.15, -0.1) is 6.58 Å². The van der Waals surface area contributed by atoms with Crippen LogP contribution in [0.4, 0.5) is 0 Å². The third kappa shape index (κ3) is 19.2. The molecule has 3 aliphatic heterocycles. The van der Waals surface area contributed by atoms with Gasteiger partial charge in [-0.1, -0.05) is 188 Å². The van der Waals surface area contributed by atoms with Gasteiger partial charge in [-0.3, -0.25) is 14.4 Å². The molecule has 3 aliphatic rings. The summed E-state index contributed by atoms with van der Waals surface area (Å²) in [5.74, 6) is -2.31. The summed E-state index contributed by atoms with van der Waals surface area (Å²) in [4.78, 5) is 39.5. The number of rotatable bonds is 31. The van der Waals surface area contributed by atoms with E-state index in [0.717, 1.165) is 33.4 Å². The van der Waals surface area contributed by atoms with Gasteiger partial charge in [-0.2, -0.15) is 0 Å². The van der Waals surface area contributed by atoms with Crippen molar-refractivity contribution in [2.24, 2.45) is 0 Å². The Morgan fingerprint density at radius 2 is 0.727 bits per heavy atom. The van der Waals surface area contributed by atoms with Crippen LogP contribution < -0.4 is 0 Å². The van der Waals surface area contributed by atoms with Gasteiger partial charge in [-0.25, -0.2) is 0 Å². The molecule has 19 heteroatoms. The van der Waals surface area contributed by atoms with Crippen molar-refractivity contribution < 1.29 is 90.5 Å². The van der Waals surface area contributed by atoms with Crippen LogP contribution in [0.25, 0.3) is 0 Å². The number of esters is 3. The molecule has 6 aromatic rings. The quantitative estimate of drug-likeness (QED) is 0.0245. The Morgan fingerprint density at radius 1 is 0.386 bits per heavy atom. The molecule has 0 bridgehead atoms. The smallest absolute Gasteiger partial charge is 0.303 e. The van der Waals surface area contributed by atoms with Crippen molar-refractivity contribution in [3.05, 3.63) is 228 Å². The number of hydrogen-bond acceptors (Lipinski definition) is 19. The second-order valence-corrected chi connectivity index (χ2v) is 21.4. The molecule has 0 spiro atoms. The number of benzene rings is 6. The Hall–Kier alpha value is -7.05. The van der Waals surface area contributed by atoms with E-state index in [-0.39, 0.29) is 59.5 Å². The SMILES string of the molecule is C=CCO[C@H]1O[C@H](COCc2ccccc2)[C@@H](OCc2ccccc2)[C@H](OCc2ccccc2)[C@@H]1O[C@H]1O[C@H](COC(C)=O)[C@@H](OC(C)=O)[C@H](OC(C)=O)[C@@H]1O[C@H]1O[C@H](COCc2ccccc2)[C@@H](OCc2ccccc2)[C@H](O)[C@@H]1OCc1ccccc1. The van der Waals surface area contributed by atoms with E-state index in [4.69, 9.17) is 71.1 Å². The summed E-state index contributed by atoms with van der Waals surface area (Å²) < 4.78 is 99.4. The fraction of sp³-hybridized carbons (Fsp3) is 0.406. The Morgan fingerprint density at radius 3 is 1.15 bits per heavy atom. The van der Waals surface area contributed by atoms with Gasteiger partial charge in [0.2, 0.25) is 0 Å². The third-order valence-electron chi connectivity index (χ3n) is 14.7. The number of hydrogen-bond donors (Lipinski definition) is 1. The van der Waals surface area contributed by atoms with Crippen molar-refractivity contribution in [3.8, 4) is 0 Å². The average molecular weight is 1210 g/mol. The van der Waals surface area contributed by atoms with Gasteiger partial charge in [0.1, 0.15) is 61.5 Å². The Kier molecular flexibility index (Phi) is 25.3. The largest absolute Gasteiger partial charge is 0.463 e. The number of carbonyl (C=O) groups excluding carboxylic acids is 3. The standard InChI is InChI=1S/C69H78O19/c1-5-36-76-67-65(63(81-42-54-34-22-11-23-35-54)60(79-40-52-30-18-9-19-31-52)56(84-67)44-75-38-50-26-14-7-15-27-50)87-69-66(64(83-48(4)72)61(82-47(3)71)57(86-69)45-77-46(2)70)88-68-62(80-41-53-32-20-10-21-33-53)58(73)59(78-39-51-28-16-8-17-29-51)55(85-68)43-74-37-49-24-12-6-13-25-49/h5-35,55-69,73H,1,36-45H2,2-4H3/t55-,56-,57-,58+,59-,60-,61-,62+,63+,64+,65+,66+,67+,68-,69-/m1/s1. The zero-order valence-electron chi connectivity index (χ0n) is 49.6. The monoisotopic (exact) mass is 1210 g/mol. The van der Waals surface area contributed by atoms with Crippen molar-refractivity contribution in [2.45, 2.75) is 153 Å². The molecule has 88 heavy (non-hydrogen) atoms. The van der Waals surface area contributed by atoms with Gasteiger partial charge in [0.15, 0.2) is 37.2 Å². The van der Waals surface area contributed by atoms with Crippen molar-refractivity contribution in [3.63, 3.8) is 0 Å².